The molecule has 0 bridgehead atoms. The minimum absolute atomic E-state index is 0.160. The van der Waals surface area contributed by atoms with Gasteiger partial charge >= 0.3 is 0 Å². The van der Waals surface area contributed by atoms with Gasteiger partial charge in [-0.15, -0.1) is 0 Å². The van der Waals surface area contributed by atoms with Crippen molar-refractivity contribution in [1.82, 2.24) is 9.80 Å². The Morgan fingerprint density at radius 3 is 2.12 bits per heavy atom. The second kappa shape index (κ2) is 11.6. The maximum Gasteiger partial charge on any atom is 0.183 e. The van der Waals surface area contributed by atoms with E-state index in [1.807, 2.05) is 43.4 Å². The fourth-order valence-electron chi connectivity index (χ4n) is 4.94. The van der Waals surface area contributed by atoms with Crippen molar-refractivity contribution >= 4 is 17.8 Å². The fraction of sp³-hybridized carbons (Fsp3) is 0.500. The van der Waals surface area contributed by atoms with Gasteiger partial charge in [-0.1, -0.05) is 45.0 Å². The number of Topliss-reactive ketones (excluding diaryl/α,β-unsaturated/α-hetero) is 1. The monoisotopic (exact) mass is 449 g/mol. The maximum absolute atomic E-state index is 13.9. The molecule has 2 aromatic rings. The highest BCUT2D eigenvalue weighted by Crippen LogP contribution is 2.30. The Kier molecular flexibility index (Phi) is 8.81. The van der Waals surface area contributed by atoms with Crippen molar-refractivity contribution in [1.29, 1.82) is 0 Å². The quantitative estimate of drug-likeness (QED) is 0.372. The van der Waals surface area contributed by atoms with E-state index in [2.05, 4.69) is 47.6 Å². The van der Waals surface area contributed by atoms with E-state index in [-0.39, 0.29) is 5.78 Å². The molecule has 0 amide bonds. The molecular weight excluding hydrogens is 410 g/mol. The SMILES string of the molecule is CCCN1CCN(c2ccc(C(=O)C(CC)(Cc3ccc(C=O)cc3)N(C)CC)cc2)CC1. The number of ketones is 1. The molecule has 178 valence electrons. The van der Waals surface area contributed by atoms with Crippen molar-refractivity contribution in [3.63, 3.8) is 0 Å². The molecule has 0 aliphatic carbocycles. The van der Waals surface area contributed by atoms with Gasteiger partial charge in [0.25, 0.3) is 0 Å². The highest BCUT2D eigenvalue weighted by atomic mass is 16.1. The van der Waals surface area contributed by atoms with Crippen LogP contribution in [0.4, 0.5) is 5.69 Å². The Labute approximate surface area is 199 Å². The van der Waals surface area contributed by atoms with Gasteiger partial charge in [0.15, 0.2) is 5.78 Å². The van der Waals surface area contributed by atoms with Gasteiger partial charge < -0.3 is 4.90 Å². The third kappa shape index (κ3) is 5.71. The first-order valence-electron chi connectivity index (χ1n) is 12.3. The van der Waals surface area contributed by atoms with Crippen LogP contribution >= 0.6 is 0 Å². The molecule has 0 saturated carbocycles. The van der Waals surface area contributed by atoms with Crippen LogP contribution in [0.2, 0.25) is 0 Å². The molecule has 3 rings (SSSR count). The van der Waals surface area contributed by atoms with E-state index in [4.69, 9.17) is 0 Å². The number of aldehydes is 1. The van der Waals surface area contributed by atoms with Gasteiger partial charge in [-0.25, -0.2) is 0 Å². The lowest BCUT2D eigenvalue weighted by atomic mass is 9.79. The van der Waals surface area contributed by atoms with Crippen LogP contribution in [0.25, 0.3) is 0 Å². The Balaban J connectivity index is 1.80. The van der Waals surface area contributed by atoms with Gasteiger partial charge in [0.2, 0.25) is 0 Å². The molecule has 1 aliphatic heterocycles. The number of likely N-dealkylation sites (N-methyl/N-ethyl adjacent to an activating group) is 1. The smallest absolute Gasteiger partial charge is 0.183 e. The summed E-state index contributed by atoms with van der Waals surface area (Å²) in [5.41, 5.74) is 3.05. The number of carbonyl (C=O) groups excluding carboxylic acids is 2. The lowest BCUT2D eigenvalue weighted by Crippen LogP contribution is -2.54. The number of anilines is 1. The topological polar surface area (TPSA) is 43.9 Å². The zero-order valence-corrected chi connectivity index (χ0v) is 20.7. The van der Waals surface area contributed by atoms with Crippen LogP contribution in [0.1, 0.15) is 59.9 Å². The van der Waals surface area contributed by atoms with Gasteiger partial charge in [0.05, 0.1) is 5.54 Å². The molecule has 1 unspecified atom stereocenters. The van der Waals surface area contributed by atoms with Crippen molar-refractivity contribution in [2.75, 3.05) is 51.2 Å². The van der Waals surface area contributed by atoms with Crippen LogP contribution in [0, 0.1) is 0 Å². The average molecular weight is 450 g/mol. The second-order valence-electron chi connectivity index (χ2n) is 9.14. The highest BCUT2D eigenvalue weighted by Gasteiger charge is 2.40. The van der Waals surface area contributed by atoms with Crippen LogP contribution in [0.15, 0.2) is 48.5 Å². The van der Waals surface area contributed by atoms with Crippen molar-refractivity contribution < 1.29 is 9.59 Å². The molecule has 0 spiro atoms. The Hall–Kier alpha value is -2.50. The Bertz CT molecular complexity index is 902. The predicted octanol–water partition coefficient (Wildman–Crippen LogP) is 4.56. The number of nitrogens with zero attached hydrogens (tertiary/aromatic N) is 3. The van der Waals surface area contributed by atoms with Crippen LogP contribution in [0.5, 0.6) is 0 Å². The minimum atomic E-state index is -0.620. The second-order valence-corrected chi connectivity index (χ2v) is 9.14. The van der Waals surface area contributed by atoms with E-state index in [0.29, 0.717) is 18.4 Å². The lowest BCUT2D eigenvalue weighted by Gasteiger charge is -2.40. The molecule has 1 aliphatic rings. The Morgan fingerprint density at radius 2 is 1.61 bits per heavy atom. The summed E-state index contributed by atoms with van der Waals surface area (Å²) in [4.78, 5) is 32.0. The van der Waals surface area contributed by atoms with Gasteiger partial charge in [0, 0.05) is 43.0 Å². The first-order valence-corrected chi connectivity index (χ1v) is 12.3. The first kappa shape index (κ1) is 25.1. The molecule has 1 heterocycles. The molecule has 1 fully saturated rings. The van der Waals surface area contributed by atoms with Crippen molar-refractivity contribution in [3.05, 3.63) is 65.2 Å². The Morgan fingerprint density at radius 1 is 0.970 bits per heavy atom. The van der Waals surface area contributed by atoms with Crippen LogP contribution in [-0.2, 0) is 6.42 Å². The van der Waals surface area contributed by atoms with Crippen LogP contribution in [0.3, 0.4) is 0 Å². The van der Waals surface area contributed by atoms with Crippen LogP contribution < -0.4 is 4.90 Å². The number of hydrogen-bond donors (Lipinski definition) is 0. The number of rotatable bonds is 11. The highest BCUT2D eigenvalue weighted by molar-refractivity contribution is 6.03. The lowest BCUT2D eigenvalue weighted by molar-refractivity contribution is 0.0615. The minimum Gasteiger partial charge on any atom is -0.369 e. The van der Waals surface area contributed by atoms with Crippen molar-refractivity contribution in [3.8, 4) is 0 Å². The van der Waals surface area contributed by atoms with E-state index < -0.39 is 5.54 Å². The standard InChI is InChI=1S/C28H39N3O2/c1-5-16-30-17-19-31(20-18-30)26-14-12-25(13-15-26)27(33)28(6-2,29(4)7-3)21-23-8-10-24(22-32)11-9-23/h8-15,22H,5-7,16-21H2,1-4H3. The number of hydrogen-bond acceptors (Lipinski definition) is 5. The summed E-state index contributed by atoms with van der Waals surface area (Å²) >= 11 is 0. The molecule has 0 radical (unpaired) electrons. The summed E-state index contributed by atoms with van der Waals surface area (Å²) in [6, 6.07) is 15.8. The third-order valence-corrected chi connectivity index (χ3v) is 7.23. The van der Waals surface area contributed by atoms with Crippen molar-refractivity contribution in [2.24, 2.45) is 0 Å². The fourth-order valence-corrected chi connectivity index (χ4v) is 4.94. The maximum atomic E-state index is 13.9. The summed E-state index contributed by atoms with van der Waals surface area (Å²) in [5, 5.41) is 0. The largest absolute Gasteiger partial charge is 0.369 e. The molecule has 5 nitrogen and oxygen atoms in total. The molecular formula is C28H39N3O2. The van der Waals surface area contributed by atoms with E-state index in [9.17, 15) is 9.59 Å². The number of piperazine rings is 1. The van der Waals surface area contributed by atoms with Crippen LogP contribution in [-0.4, -0.2) is 73.7 Å². The molecule has 1 atom stereocenters. The summed E-state index contributed by atoms with van der Waals surface area (Å²) in [7, 11) is 2.03. The molecule has 5 heteroatoms. The van der Waals surface area contributed by atoms with E-state index in [1.165, 1.54) is 18.7 Å². The van der Waals surface area contributed by atoms with Gasteiger partial charge in [-0.05, 0) is 69.2 Å². The molecule has 1 saturated heterocycles. The van der Waals surface area contributed by atoms with E-state index in [0.717, 1.165) is 50.1 Å². The van der Waals surface area contributed by atoms with Gasteiger partial charge in [-0.2, -0.15) is 0 Å². The summed E-state index contributed by atoms with van der Waals surface area (Å²) in [6.45, 7) is 12.6. The van der Waals surface area contributed by atoms with E-state index >= 15 is 0 Å². The molecule has 0 aromatic heterocycles. The van der Waals surface area contributed by atoms with Crippen molar-refractivity contribution in [2.45, 2.75) is 45.6 Å². The number of carbonyl (C=O) groups is 2. The molecule has 33 heavy (non-hydrogen) atoms. The normalized spacial score (nSPS) is 16.6. The third-order valence-electron chi connectivity index (χ3n) is 7.23. The summed E-state index contributed by atoms with van der Waals surface area (Å²) < 4.78 is 0. The zero-order chi connectivity index (χ0) is 23.8. The average Bonchev–Trinajstić information content (AvgIpc) is 2.87. The molecule has 2 aromatic carbocycles. The predicted molar refractivity (Wildman–Crippen MR) is 137 cm³/mol. The summed E-state index contributed by atoms with van der Waals surface area (Å²) in [6.07, 6.45) is 3.38. The number of benzene rings is 2. The van der Waals surface area contributed by atoms with Gasteiger partial charge in [-0.3, -0.25) is 19.4 Å². The molecule has 0 N–H and O–H groups in total. The zero-order valence-electron chi connectivity index (χ0n) is 20.7. The first-order chi connectivity index (χ1) is 16.0. The summed E-state index contributed by atoms with van der Waals surface area (Å²) in [5.74, 6) is 0.160. The van der Waals surface area contributed by atoms with Gasteiger partial charge in [0.1, 0.15) is 6.29 Å². The van der Waals surface area contributed by atoms with E-state index in [1.54, 1.807) is 0 Å².